The molecule has 0 saturated heterocycles. The molecular weight excluding hydrogens is 396 g/mol. The number of anilines is 2. The van der Waals surface area contributed by atoms with Crippen molar-refractivity contribution in [2.45, 2.75) is 13.8 Å². The topological polar surface area (TPSA) is 111 Å². The molecule has 0 fully saturated rings. The van der Waals surface area contributed by atoms with Gasteiger partial charge in [-0.25, -0.2) is 9.59 Å². The molecule has 3 aromatic rings. The first-order chi connectivity index (χ1) is 13.7. The third-order valence-electron chi connectivity index (χ3n) is 4.18. The lowest BCUT2D eigenvalue weighted by Crippen LogP contribution is -2.12. The van der Waals surface area contributed by atoms with E-state index in [-0.39, 0.29) is 22.9 Å². The molecule has 9 heteroatoms. The van der Waals surface area contributed by atoms with Crippen LogP contribution in [0.4, 0.5) is 11.4 Å². The summed E-state index contributed by atoms with van der Waals surface area (Å²) in [6, 6.07) is 6.60. The zero-order valence-corrected chi connectivity index (χ0v) is 17.0. The predicted molar refractivity (Wildman–Crippen MR) is 111 cm³/mol. The van der Waals surface area contributed by atoms with E-state index in [9.17, 15) is 19.2 Å². The van der Waals surface area contributed by atoms with Gasteiger partial charge < -0.3 is 20.1 Å². The lowest BCUT2D eigenvalue weighted by atomic mass is 10.0. The fourth-order valence-corrected chi connectivity index (χ4v) is 4.16. The normalized spacial score (nSPS) is 10.6. The predicted octanol–water partition coefficient (Wildman–Crippen LogP) is 3.54. The van der Waals surface area contributed by atoms with Gasteiger partial charge in [-0.05, 0) is 24.3 Å². The summed E-state index contributed by atoms with van der Waals surface area (Å²) in [6.07, 6.45) is 0. The maximum Gasteiger partial charge on any atom is 0.339 e. The molecule has 8 nitrogen and oxygen atoms in total. The summed E-state index contributed by atoms with van der Waals surface area (Å²) < 4.78 is 11.2. The van der Waals surface area contributed by atoms with Gasteiger partial charge in [-0.1, -0.05) is 0 Å². The number of rotatable bonds is 4. The van der Waals surface area contributed by atoms with Gasteiger partial charge in [0.2, 0.25) is 11.8 Å². The molecule has 0 atom stereocenters. The number of ether oxygens (including phenoxy) is 2. The van der Waals surface area contributed by atoms with Gasteiger partial charge in [0.25, 0.3) is 0 Å². The van der Waals surface area contributed by atoms with Crippen molar-refractivity contribution >= 4 is 66.6 Å². The van der Waals surface area contributed by atoms with Crippen molar-refractivity contribution in [1.82, 2.24) is 0 Å². The van der Waals surface area contributed by atoms with Gasteiger partial charge in [0.05, 0.1) is 36.7 Å². The maximum absolute atomic E-state index is 12.2. The first-order valence-electron chi connectivity index (χ1n) is 8.51. The van der Waals surface area contributed by atoms with Gasteiger partial charge >= 0.3 is 11.9 Å². The van der Waals surface area contributed by atoms with Crippen molar-refractivity contribution in [3.63, 3.8) is 0 Å². The van der Waals surface area contributed by atoms with Crippen LogP contribution in [0.2, 0.25) is 0 Å². The second-order valence-electron chi connectivity index (χ2n) is 6.24. The molecule has 1 heterocycles. The van der Waals surface area contributed by atoms with Crippen molar-refractivity contribution in [2.75, 3.05) is 24.9 Å². The van der Waals surface area contributed by atoms with Gasteiger partial charge in [0.1, 0.15) is 0 Å². The first kappa shape index (κ1) is 20.3. The van der Waals surface area contributed by atoms with Crippen molar-refractivity contribution in [2.24, 2.45) is 0 Å². The second kappa shape index (κ2) is 7.88. The van der Waals surface area contributed by atoms with E-state index >= 15 is 0 Å². The number of hydrogen-bond donors (Lipinski definition) is 2. The molecule has 2 amide bonds. The first-order valence-corrected chi connectivity index (χ1v) is 9.33. The fourth-order valence-electron chi connectivity index (χ4n) is 3.01. The van der Waals surface area contributed by atoms with E-state index in [2.05, 4.69) is 10.6 Å². The lowest BCUT2D eigenvalue weighted by Gasteiger charge is -2.10. The van der Waals surface area contributed by atoms with Gasteiger partial charge in [0, 0.05) is 34.0 Å². The minimum Gasteiger partial charge on any atom is -0.465 e. The molecule has 0 spiro atoms. The Morgan fingerprint density at radius 1 is 0.724 bits per heavy atom. The number of carbonyl (C=O) groups excluding carboxylic acids is 4. The highest BCUT2D eigenvalue weighted by atomic mass is 32.1. The highest BCUT2D eigenvalue weighted by molar-refractivity contribution is 7.25. The summed E-state index contributed by atoms with van der Waals surface area (Å²) in [6.45, 7) is 2.69. The average Bonchev–Trinajstić information content (AvgIpc) is 3.00. The Balaban J connectivity index is 2.33. The molecule has 0 unspecified atom stereocenters. The number of benzene rings is 2. The molecule has 2 N–H and O–H groups in total. The van der Waals surface area contributed by atoms with Gasteiger partial charge in [0.15, 0.2) is 0 Å². The molecule has 0 aliphatic heterocycles. The summed E-state index contributed by atoms with van der Waals surface area (Å²) in [5.41, 5.74) is 1.05. The minimum absolute atomic E-state index is 0.195. The number of hydrogen-bond acceptors (Lipinski definition) is 7. The number of methoxy groups -OCH3 is 2. The van der Waals surface area contributed by atoms with Crippen LogP contribution in [0.1, 0.15) is 34.6 Å². The summed E-state index contributed by atoms with van der Waals surface area (Å²) in [5, 5.41) is 6.69. The number of amides is 2. The quantitative estimate of drug-likeness (QED) is 0.632. The molecule has 3 rings (SSSR count). The molecule has 0 radical (unpaired) electrons. The van der Waals surface area contributed by atoms with Crippen LogP contribution in [0.25, 0.3) is 20.2 Å². The van der Waals surface area contributed by atoms with Crippen molar-refractivity contribution in [3.8, 4) is 0 Å². The van der Waals surface area contributed by atoms with Crippen LogP contribution < -0.4 is 10.6 Å². The highest BCUT2D eigenvalue weighted by Gasteiger charge is 2.20. The zero-order chi connectivity index (χ0) is 21.3. The summed E-state index contributed by atoms with van der Waals surface area (Å²) >= 11 is 1.39. The van der Waals surface area contributed by atoms with Gasteiger partial charge in [-0.3, -0.25) is 9.59 Å². The van der Waals surface area contributed by atoms with Crippen molar-refractivity contribution < 1.29 is 28.7 Å². The monoisotopic (exact) mass is 414 g/mol. The van der Waals surface area contributed by atoms with E-state index in [0.29, 0.717) is 22.1 Å². The molecule has 1 aromatic heterocycles. The van der Waals surface area contributed by atoms with Gasteiger partial charge in [-0.15, -0.1) is 11.3 Å². The van der Waals surface area contributed by atoms with Crippen LogP contribution in [0.3, 0.4) is 0 Å². The number of carbonyl (C=O) groups is 4. The van der Waals surface area contributed by atoms with E-state index < -0.39 is 11.9 Å². The van der Waals surface area contributed by atoms with Crippen LogP contribution in [0, 0.1) is 0 Å². The zero-order valence-electron chi connectivity index (χ0n) is 16.2. The fraction of sp³-hybridized carbons (Fsp3) is 0.200. The third-order valence-corrected chi connectivity index (χ3v) is 5.30. The molecule has 0 bridgehead atoms. The minimum atomic E-state index is -0.599. The Hall–Kier alpha value is -3.46. The molecule has 0 aliphatic rings. The SMILES string of the molecule is COC(=O)c1cc2c(cc1NC(C)=O)sc1cc(NC(C)=O)c(C(=O)OC)cc12. The number of esters is 2. The Morgan fingerprint density at radius 3 is 1.41 bits per heavy atom. The Morgan fingerprint density at radius 2 is 1.10 bits per heavy atom. The Bertz CT molecular complexity index is 1090. The van der Waals surface area contributed by atoms with E-state index in [1.807, 2.05) is 0 Å². The molecule has 0 aliphatic carbocycles. The third kappa shape index (κ3) is 3.90. The van der Waals surface area contributed by atoms with Gasteiger partial charge in [-0.2, -0.15) is 0 Å². The highest BCUT2D eigenvalue weighted by Crippen LogP contribution is 2.40. The lowest BCUT2D eigenvalue weighted by molar-refractivity contribution is -0.115. The van der Waals surface area contributed by atoms with E-state index in [4.69, 9.17) is 9.47 Å². The molecular formula is C20H18N2O6S. The number of fused-ring (bicyclic) bond motifs is 3. The van der Waals surface area contributed by atoms with Crippen molar-refractivity contribution in [3.05, 3.63) is 35.4 Å². The summed E-state index contributed by atoms with van der Waals surface area (Å²) in [7, 11) is 2.51. The molecule has 150 valence electrons. The Labute approximate surface area is 169 Å². The van der Waals surface area contributed by atoms with Crippen LogP contribution in [-0.2, 0) is 19.1 Å². The van der Waals surface area contributed by atoms with Crippen LogP contribution >= 0.6 is 11.3 Å². The second-order valence-corrected chi connectivity index (χ2v) is 7.32. The smallest absolute Gasteiger partial charge is 0.339 e. The summed E-state index contributed by atoms with van der Waals surface area (Å²) in [4.78, 5) is 47.5. The summed E-state index contributed by atoms with van der Waals surface area (Å²) in [5.74, 6) is -1.84. The van der Waals surface area contributed by atoms with Crippen LogP contribution in [0.15, 0.2) is 24.3 Å². The van der Waals surface area contributed by atoms with E-state index in [1.54, 1.807) is 24.3 Å². The number of nitrogens with one attached hydrogen (secondary N) is 2. The van der Waals surface area contributed by atoms with Crippen molar-refractivity contribution in [1.29, 1.82) is 0 Å². The van der Waals surface area contributed by atoms with Crippen LogP contribution in [-0.4, -0.2) is 38.0 Å². The molecule has 2 aromatic carbocycles. The maximum atomic E-state index is 12.2. The van der Waals surface area contributed by atoms with Crippen LogP contribution in [0.5, 0.6) is 0 Å². The van der Waals surface area contributed by atoms with E-state index in [0.717, 1.165) is 9.40 Å². The molecule has 29 heavy (non-hydrogen) atoms. The average molecular weight is 414 g/mol. The molecule has 0 saturated carbocycles. The van der Waals surface area contributed by atoms with E-state index in [1.165, 1.54) is 39.4 Å². The number of thiophene rings is 1. The largest absolute Gasteiger partial charge is 0.465 e. The Kier molecular flexibility index (Phi) is 5.51. The standard InChI is InChI=1S/C20H18N2O6S/c1-9(23)21-15-7-17-11(5-13(15)19(25)27-3)12-6-14(20(26)28-4)16(22-10(2)24)8-18(12)29-17/h5-8H,1-4H3,(H,21,23)(H,22,24).